The Labute approximate surface area is 217 Å². The Morgan fingerprint density at radius 1 is 0.865 bits per heavy atom. The zero-order valence-electron chi connectivity index (χ0n) is 20.2. The standard InChI is InChI=1S/C28H29F3N2O3S/c29-28(30,31)36-21-15-17-22(18-16-21)37(35)32-23-9-3-6-12-26(27(23)34)33-24-10-4-1-7-19(24)13-14-20-8-2-5-11-25(20)33/h1-2,4-5,7-8,10-11,15-18,23,26-27,32,34H,3,6,9,12-14H2/t23-,26+,27-,37+/m0/s1. The number of aliphatic hydroxyl groups is 1. The van der Waals surface area contributed by atoms with Crippen LogP contribution < -0.4 is 14.4 Å². The van der Waals surface area contributed by atoms with Crippen LogP contribution in [0.4, 0.5) is 24.5 Å². The van der Waals surface area contributed by atoms with Gasteiger partial charge >= 0.3 is 6.36 Å². The number of para-hydroxylation sites is 2. The van der Waals surface area contributed by atoms with Crippen molar-refractivity contribution >= 4 is 22.7 Å². The molecule has 0 radical (unpaired) electrons. The molecule has 0 saturated heterocycles. The molecule has 0 bridgehead atoms. The lowest BCUT2D eigenvalue weighted by Gasteiger charge is -2.39. The molecular weight excluding hydrogens is 501 g/mol. The molecule has 0 unspecified atom stereocenters. The molecule has 1 aliphatic heterocycles. The lowest BCUT2D eigenvalue weighted by atomic mass is 9.98. The van der Waals surface area contributed by atoms with E-state index in [0.29, 0.717) is 11.3 Å². The van der Waals surface area contributed by atoms with Gasteiger partial charge in [0.2, 0.25) is 0 Å². The van der Waals surface area contributed by atoms with Crippen LogP contribution in [0.15, 0.2) is 77.7 Å². The molecule has 3 aromatic rings. The number of aliphatic hydroxyl groups excluding tert-OH is 1. The highest BCUT2D eigenvalue weighted by Gasteiger charge is 2.39. The van der Waals surface area contributed by atoms with Gasteiger partial charge in [0.25, 0.3) is 0 Å². The van der Waals surface area contributed by atoms with E-state index in [2.05, 4.69) is 38.6 Å². The summed E-state index contributed by atoms with van der Waals surface area (Å²) < 4.78 is 57.5. The molecule has 1 fully saturated rings. The molecule has 0 amide bonds. The Morgan fingerprint density at radius 2 is 1.43 bits per heavy atom. The van der Waals surface area contributed by atoms with Crippen LogP contribution >= 0.6 is 0 Å². The maximum Gasteiger partial charge on any atom is 0.573 e. The first kappa shape index (κ1) is 25.9. The molecule has 9 heteroatoms. The van der Waals surface area contributed by atoms with Gasteiger partial charge in [-0.1, -0.05) is 49.2 Å². The second kappa shape index (κ2) is 10.9. The SMILES string of the molecule is [O-][S@@+](N[C@H]1CCCC[C@@H](N2c3ccccc3CCc3ccccc32)[C@H]1O)c1ccc(OC(F)(F)F)cc1. The second-order valence-electron chi connectivity index (χ2n) is 9.48. The van der Waals surface area contributed by atoms with Crippen molar-refractivity contribution in [2.24, 2.45) is 0 Å². The number of alkyl halides is 3. The fraction of sp³-hybridized carbons (Fsp3) is 0.357. The molecular formula is C28H29F3N2O3S. The van der Waals surface area contributed by atoms with Gasteiger partial charge in [-0.25, -0.2) is 0 Å². The molecule has 2 N–H and O–H groups in total. The Bertz CT molecular complexity index is 1160. The number of nitrogens with one attached hydrogen (secondary N) is 1. The number of ether oxygens (including phenoxy) is 1. The van der Waals surface area contributed by atoms with Crippen molar-refractivity contribution in [1.82, 2.24) is 4.72 Å². The number of benzene rings is 3. The predicted molar refractivity (Wildman–Crippen MR) is 137 cm³/mol. The Morgan fingerprint density at radius 3 is 2.03 bits per heavy atom. The van der Waals surface area contributed by atoms with Crippen LogP contribution in [-0.4, -0.2) is 34.2 Å². The monoisotopic (exact) mass is 530 g/mol. The highest BCUT2D eigenvalue weighted by atomic mass is 32.2. The van der Waals surface area contributed by atoms with Gasteiger partial charge in [-0.2, -0.15) is 0 Å². The minimum Gasteiger partial charge on any atom is -0.593 e. The molecule has 0 spiro atoms. The van der Waals surface area contributed by atoms with Crippen molar-refractivity contribution in [1.29, 1.82) is 0 Å². The average Bonchev–Trinajstić information content (AvgIpc) is 3.15. The molecule has 5 nitrogen and oxygen atoms in total. The van der Waals surface area contributed by atoms with E-state index in [4.69, 9.17) is 0 Å². The Kier molecular flexibility index (Phi) is 7.67. The van der Waals surface area contributed by atoms with E-state index >= 15 is 0 Å². The maximum absolute atomic E-state index is 13.1. The zero-order chi connectivity index (χ0) is 26.0. The van der Waals surface area contributed by atoms with E-state index in [1.54, 1.807) is 0 Å². The smallest absolute Gasteiger partial charge is 0.573 e. The van der Waals surface area contributed by atoms with Crippen LogP contribution in [0.5, 0.6) is 5.75 Å². The van der Waals surface area contributed by atoms with Crippen LogP contribution in [-0.2, 0) is 24.2 Å². The zero-order valence-corrected chi connectivity index (χ0v) is 21.0. The first-order valence-electron chi connectivity index (χ1n) is 12.5. The van der Waals surface area contributed by atoms with E-state index in [1.807, 2.05) is 24.3 Å². The van der Waals surface area contributed by atoms with Crippen LogP contribution in [0.2, 0.25) is 0 Å². The number of halogens is 3. The summed E-state index contributed by atoms with van der Waals surface area (Å²) in [5.41, 5.74) is 4.62. The molecule has 0 aromatic heterocycles. The second-order valence-corrected chi connectivity index (χ2v) is 10.7. The third-order valence-electron chi connectivity index (χ3n) is 7.10. The summed E-state index contributed by atoms with van der Waals surface area (Å²) in [5, 5.41) is 11.7. The van der Waals surface area contributed by atoms with Gasteiger partial charge in [0.15, 0.2) is 4.90 Å². The fourth-order valence-corrected chi connectivity index (χ4v) is 6.43. The summed E-state index contributed by atoms with van der Waals surface area (Å²) in [4.78, 5) is 2.57. The molecule has 3 aromatic carbocycles. The van der Waals surface area contributed by atoms with Gasteiger partial charge in [-0.05, 0) is 73.2 Å². The summed E-state index contributed by atoms with van der Waals surface area (Å²) >= 11 is -1.72. The largest absolute Gasteiger partial charge is 0.593 e. The van der Waals surface area contributed by atoms with Crippen molar-refractivity contribution < 1.29 is 27.6 Å². The molecule has 1 heterocycles. The van der Waals surface area contributed by atoms with Crippen LogP contribution in [0, 0.1) is 0 Å². The van der Waals surface area contributed by atoms with Gasteiger partial charge in [-0.15, -0.1) is 17.9 Å². The molecule has 5 rings (SSSR count). The maximum atomic E-state index is 13.1. The molecule has 196 valence electrons. The summed E-state index contributed by atoms with van der Waals surface area (Å²) in [6.07, 6.45) is -0.608. The van der Waals surface area contributed by atoms with Crippen LogP contribution in [0.25, 0.3) is 0 Å². The number of rotatable bonds is 5. The lowest BCUT2D eigenvalue weighted by Crippen LogP contribution is -2.52. The molecule has 37 heavy (non-hydrogen) atoms. The summed E-state index contributed by atoms with van der Waals surface area (Å²) in [6.45, 7) is 0. The topological polar surface area (TPSA) is 67.8 Å². The van der Waals surface area contributed by atoms with Crippen molar-refractivity contribution in [3.8, 4) is 5.75 Å². The summed E-state index contributed by atoms with van der Waals surface area (Å²) in [6, 6.07) is 20.8. The summed E-state index contributed by atoms with van der Waals surface area (Å²) in [5.74, 6) is -0.374. The van der Waals surface area contributed by atoms with Gasteiger partial charge < -0.3 is 19.3 Å². The highest BCUT2D eigenvalue weighted by Crippen LogP contribution is 2.40. The number of hydrogen-bond acceptors (Lipinski definition) is 5. The fourth-order valence-electron chi connectivity index (χ4n) is 5.38. The number of hydrogen-bond donors (Lipinski definition) is 2. The number of fused-ring (bicyclic) bond motifs is 2. The van der Waals surface area contributed by atoms with Gasteiger partial charge in [0.1, 0.15) is 5.75 Å². The van der Waals surface area contributed by atoms with Crippen molar-refractivity contribution in [3.63, 3.8) is 0 Å². The van der Waals surface area contributed by atoms with Crippen molar-refractivity contribution in [3.05, 3.63) is 83.9 Å². The third kappa shape index (κ3) is 5.90. The predicted octanol–water partition coefficient (Wildman–Crippen LogP) is 5.81. The average molecular weight is 531 g/mol. The van der Waals surface area contributed by atoms with Gasteiger partial charge in [-0.3, -0.25) is 0 Å². The summed E-state index contributed by atoms with van der Waals surface area (Å²) in [7, 11) is 0. The quantitative estimate of drug-likeness (QED) is 0.322. The number of aryl methyl sites for hydroxylation is 2. The van der Waals surface area contributed by atoms with E-state index < -0.39 is 29.9 Å². The van der Waals surface area contributed by atoms with E-state index in [-0.39, 0.29) is 11.8 Å². The van der Waals surface area contributed by atoms with E-state index in [0.717, 1.165) is 55.6 Å². The van der Waals surface area contributed by atoms with Crippen molar-refractivity contribution in [2.75, 3.05) is 4.90 Å². The van der Waals surface area contributed by atoms with Crippen molar-refractivity contribution in [2.45, 2.75) is 68.0 Å². The minimum absolute atomic E-state index is 0.236. The highest BCUT2D eigenvalue weighted by molar-refractivity contribution is 7.89. The minimum atomic E-state index is -4.79. The van der Waals surface area contributed by atoms with Crippen LogP contribution in [0.3, 0.4) is 0 Å². The van der Waals surface area contributed by atoms with E-state index in [9.17, 15) is 22.8 Å². The van der Waals surface area contributed by atoms with E-state index in [1.165, 1.54) is 23.3 Å². The first-order valence-corrected chi connectivity index (χ1v) is 13.6. The van der Waals surface area contributed by atoms with Crippen LogP contribution in [0.1, 0.15) is 36.8 Å². The number of nitrogens with zero attached hydrogens (tertiary/aromatic N) is 1. The molecule has 2 aliphatic rings. The normalized spacial score (nSPS) is 22.8. The molecule has 1 aliphatic carbocycles. The Balaban J connectivity index is 1.40. The Hall–Kier alpha value is -2.72. The van der Waals surface area contributed by atoms with Gasteiger partial charge in [0.05, 0.1) is 29.5 Å². The molecule has 1 saturated carbocycles. The van der Waals surface area contributed by atoms with Gasteiger partial charge in [0, 0.05) is 11.4 Å². The lowest BCUT2D eigenvalue weighted by molar-refractivity contribution is -0.274. The number of anilines is 2. The first-order chi connectivity index (χ1) is 17.8. The molecule has 4 atom stereocenters. The third-order valence-corrected chi connectivity index (χ3v) is 8.32.